The van der Waals surface area contributed by atoms with Crippen molar-refractivity contribution in [1.82, 2.24) is 4.31 Å². The molecule has 3 rings (SSSR count). The lowest BCUT2D eigenvalue weighted by atomic mass is 10.3. The van der Waals surface area contributed by atoms with Crippen LogP contribution in [0.2, 0.25) is 0 Å². The predicted octanol–water partition coefficient (Wildman–Crippen LogP) is 2.32. The van der Waals surface area contributed by atoms with Crippen molar-refractivity contribution in [3.63, 3.8) is 0 Å². The molecular weight excluding hydrogens is 413 g/mol. The van der Waals surface area contributed by atoms with E-state index in [2.05, 4.69) is 4.72 Å². The van der Waals surface area contributed by atoms with Gasteiger partial charge in [-0.2, -0.15) is 8.70 Å². The second-order valence-corrected chi connectivity index (χ2v) is 9.73. The SMILES string of the molecule is O=[N+]([O-])c1cc(NS(=O)(=O)c2ccc(S(=O)(=O)N3CCCC3)cc2)ccc1F. The Morgan fingerprint density at radius 1 is 0.964 bits per heavy atom. The quantitative estimate of drug-likeness (QED) is 0.555. The van der Waals surface area contributed by atoms with Crippen LogP contribution in [0.25, 0.3) is 0 Å². The highest BCUT2D eigenvalue weighted by Gasteiger charge is 2.27. The summed E-state index contributed by atoms with van der Waals surface area (Å²) >= 11 is 0. The highest BCUT2D eigenvalue weighted by atomic mass is 32.2. The first-order chi connectivity index (χ1) is 13.1. The Bertz CT molecular complexity index is 1110. The second-order valence-electron chi connectivity index (χ2n) is 6.11. The molecular formula is C16H16FN3O6S2. The fraction of sp³-hybridized carbons (Fsp3) is 0.250. The smallest absolute Gasteiger partial charge is 0.279 e. The van der Waals surface area contributed by atoms with E-state index >= 15 is 0 Å². The summed E-state index contributed by atoms with van der Waals surface area (Å²) in [5.41, 5.74) is -1.06. The van der Waals surface area contributed by atoms with Crippen LogP contribution in [0.15, 0.2) is 52.3 Å². The van der Waals surface area contributed by atoms with Gasteiger partial charge in [0.2, 0.25) is 15.8 Å². The minimum atomic E-state index is -4.15. The van der Waals surface area contributed by atoms with Gasteiger partial charge in [0.15, 0.2) is 0 Å². The van der Waals surface area contributed by atoms with Gasteiger partial charge in [-0.3, -0.25) is 14.8 Å². The zero-order valence-corrected chi connectivity index (χ0v) is 16.0. The van der Waals surface area contributed by atoms with Crippen LogP contribution in [-0.4, -0.2) is 39.2 Å². The Morgan fingerprint density at radius 2 is 1.54 bits per heavy atom. The van der Waals surface area contributed by atoms with E-state index in [0.717, 1.165) is 43.2 Å². The van der Waals surface area contributed by atoms with Crippen LogP contribution in [0.4, 0.5) is 15.8 Å². The molecule has 0 saturated carbocycles. The molecule has 0 spiro atoms. The molecule has 28 heavy (non-hydrogen) atoms. The summed E-state index contributed by atoms with van der Waals surface area (Å²) in [5.74, 6) is -1.09. The van der Waals surface area contributed by atoms with Gasteiger partial charge >= 0.3 is 5.69 Å². The number of benzene rings is 2. The largest absolute Gasteiger partial charge is 0.306 e. The Morgan fingerprint density at radius 3 is 2.11 bits per heavy atom. The first-order valence-corrected chi connectivity index (χ1v) is 11.1. The molecule has 1 saturated heterocycles. The third-order valence-corrected chi connectivity index (χ3v) is 7.54. The summed E-state index contributed by atoms with van der Waals surface area (Å²) < 4.78 is 66.7. The average Bonchev–Trinajstić information content (AvgIpc) is 3.18. The number of nitro groups is 1. The van der Waals surface area contributed by atoms with E-state index in [1.807, 2.05) is 0 Å². The van der Waals surface area contributed by atoms with Crippen LogP contribution in [0.1, 0.15) is 12.8 Å². The second kappa shape index (κ2) is 7.45. The Hall–Kier alpha value is -2.57. The first kappa shape index (κ1) is 20.2. The number of nitrogens with zero attached hydrogens (tertiary/aromatic N) is 2. The van der Waals surface area contributed by atoms with Crippen LogP contribution in [0.5, 0.6) is 0 Å². The minimum absolute atomic E-state index is 0.0224. The molecule has 12 heteroatoms. The summed E-state index contributed by atoms with van der Waals surface area (Å²) in [4.78, 5) is 9.55. The zero-order chi connectivity index (χ0) is 20.5. The molecule has 0 radical (unpaired) electrons. The normalized spacial score (nSPS) is 15.5. The number of hydrogen-bond acceptors (Lipinski definition) is 6. The summed E-state index contributed by atoms with van der Waals surface area (Å²) in [7, 11) is -7.83. The van der Waals surface area contributed by atoms with E-state index in [4.69, 9.17) is 0 Å². The van der Waals surface area contributed by atoms with Crippen molar-refractivity contribution in [2.24, 2.45) is 0 Å². The van der Waals surface area contributed by atoms with Gasteiger partial charge in [0, 0.05) is 19.2 Å². The van der Waals surface area contributed by atoms with Crippen molar-refractivity contribution in [3.8, 4) is 0 Å². The zero-order valence-electron chi connectivity index (χ0n) is 14.4. The van der Waals surface area contributed by atoms with Gasteiger partial charge < -0.3 is 0 Å². The molecule has 0 atom stereocenters. The van der Waals surface area contributed by atoms with Crippen LogP contribution >= 0.6 is 0 Å². The lowest BCUT2D eigenvalue weighted by molar-refractivity contribution is -0.387. The van der Waals surface area contributed by atoms with Crippen LogP contribution < -0.4 is 4.72 Å². The van der Waals surface area contributed by atoms with Gasteiger partial charge in [-0.1, -0.05) is 0 Å². The van der Waals surface area contributed by atoms with Gasteiger partial charge in [0.05, 0.1) is 20.4 Å². The van der Waals surface area contributed by atoms with Crippen molar-refractivity contribution in [2.45, 2.75) is 22.6 Å². The lowest BCUT2D eigenvalue weighted by Crippen LogP contribution is -2.27. The number of anilines is 1. The van der Waals surface area contributed by atoms with Crippen molar-refractivity contribution >= 4 is 31.4 Å². The molecule has 1 fully saturated rings. The number of sulfonamides is 2. The Kier molecular flexibility index (Phi) is 5.37. The molecule has 0 aliphatic carbocycles. The summed E-state index contributed by atoms with van der Waals surface area (Å²) in [5, 5.41) is 10.8. The maximum atomic E-state index is 13.4. The van der Waals surface area contributed by atoms with E-state index < -0.39 is 36.5 Å². The monoisotopic (exact) mass is 429 g/mol. The van der Waals surface area contributed by atoms with Crippen molar-refractivity contribution < 1.29 is 26.1 Å². The molecule has 2 aromatic carbocycles. The highest BCUT2D eigenvalue weighted by Crippen LogP contribution is 2.25. The first-order valence-electron chi connectivity index (χ1n) is 8.18. The molecule has 150 valence electrons. The van der Waals surface area contributed by atoms with E-state index in [1.54, 1.807) is 0 Å². The van der Waals surface area contributed by atoms with Crippen LogP contribution in [0.3, 0.4) is 0 Å². The van der Waals surface area contributed by atoms with Gasteiger partial charge in [0.25, 0.3) is 10.0 Å². The van der Waals surface area contributed by atoms with Crippen molar-refractivity contribution in [2.75, 3.05) is 17.8 Å². The maximum Gasteiger partial charge on any atom is 0.306 e. The standard InChI is InChI=1S/C16H16FN3O6S2/c17-15-8-3-12(11-16(15)20(21)22)18-27(23,24)13-4-6-14(7-5-13)28(25,26)19-9-1-2-10-19/h3-8,11,18H,1-2,9-10H2. The predicted molar refractivity (Wildman–Crippen MR) is 98.3 cm³/mol. The topological polar surface area (TPSA) is 127 Å². The summed E-state index contributed by atoms with van der Waals surface area (Å²) in [6, 6.07) is 7.23. The molecule has 0 bridgehead atoms. The summed E-state index contributed by atoms with van der Waals surface area (Å²) in [6.07, 6.45) is 1.55. The molecule has 1 N–H and O–H groups in total. The number of hydrogen-bond donors (Lipinski definition) is 1. The maximum absolute atomic E-state index is 13.4. The molecule has 1 aliphatic rings. The van der Waals surface area contributed by atoms with Crippen molar-refractivity contribution in [1.29, 1.82) is 0 Å². The number of nitrogens with one attached hydrogen (secondary N) is 1. The molecule has 0 unspecified atom stereocenters. The molecule has 2 aromatic rings. The Labute approximate surface area is 161 Å². The number of halogens is 1. The van der Waals surface area contributed by atoms with E-state index in [1.165, 1.54) is 16.4 Å². The van der Waals surface area contributed by atoms with E-state index in [0.29, 0.717) is 13.1 Å². The van der Waals surface area contributed by atoms with Gasteiger partial charge in [-0.05, 0) is 49.2 Å². The number of nitro benzene ring substituents is 1. The van der Waals surface area contributed by atoms with Crippen molar-refractivity contribution in [3.05, 3.63) is 58.4 Å². The Balaban J connectivity index is 1.85. The lowest BCUT2D eigenvalue weighted by Gasteiger charge is -2.15. The molecule has 0 aromatic heterocycles. The van der Waals surface area contributed by atoms with Crippen LogP contribution in [0, 0.1) is 15.9 Å². The highest BCUT2D eigenvalue weighted by molar-refractivity contribution is 7.92. The fourth-order valence-corrected chi connectivity index (χ4v) is 5.37. The van der Waals surface area contributed by atoms with E-state index in [-0.39, 0.29) is 15.5 Å². The molecule has 0 amide bonds. The minimum Gasteiger partial charge on any atom is -0.279 e. The van der Waals surface area contributed by atoms with Crippen LogP contribution in [-0.2, 0) is 20.0 Å². The molecule has 1 heterocycles. The third-order valence-electron chi connectivity index (χ3n) is 4.23. The van der Waals surface area contributed by atoms with Gasteiger partial charge in [0.1, 0.15) is 0 Å². The molecule has 1 aliphatic heterocycles. The average molecular weight is 429 g/mol. The number of rotatable bonds is 6. The molecule has 9 nitrogen and oxygen atoms in total. The fourth-order valence-electron chi connectivity index (χ4n) is 2.80. The summed E-state index contributed by atoms with van der Waals surface area (Å²) in [6.45, 7) is 0.848. The van der Waals surface area contributed by atoms with Gasteiger partial charge in [-0.25, -0.2) is 16.8 Å². The third kappa shape index (κ3) is 3.98. The van der Waals surface area contributed by atoms with E-state index in [9.17, 15) is 31.3 Å². The van der Waals surface area contributed by atoms with Gasteiger partial charge in [-0.15, -0.1) is 0 Å².